The smallest absolute Gasteiger partial charge is 0.243 e. The molecule has 7 nitrogen and oxygen atoms in total. The van der Waals surface area contributed by atoms with Gasteiger partial charge in [0.25, 0.3) is 0 Å². The van der Waals surface area contributed by atoms with Crippen molar-refractivity contribution in [3.8, 4) is 11.4 Å². The highest BCUT2D eigenvalue weighted by Gasteiger charge is 2.13. The first kappa shape index (κ1) is 20.0. The minimum Gasteiger partial charge on any atom is -0.345 e. The number of amides is 2. The van der Waals surface area contributed by atoms with Crippen LogP contribution in [0.2, 0.25) is 0 Å². The van der Waals surface area contributed by atoms with Gasteiger partial charge in [-0.05, 0) is 49.5 Å². The predicted octanol–water partition coefficient (Wildman–Crippen LogP) is 3.43. The lowest BCUT2D eigenvalue weighted by molar-refractivity contribution is -0.124. The molecule has 0 saturated carbocycles. The minimum absolute atomic E-state index is 0.0375. The highest BCUT2D eigenvalue weighted by molar-refractivity contribution is 9.10. The van der Waals surface area contributed by atoms with Gasteiger partial charge in [0.1, 0.15) is 6.54 Å². The van der Waals surface area contributed by atoms with Crippen LogP contribution in [-0.4, -0.2) is 33.1 Å². The van der Waals surface area contributed by atoms with Crippen molar-refractivity contribution in [1.82, 2.24) is 20.1 Å². The number of aromatic nitrogens is 3. The summed E-state index contributed by atoms with van der Waals surface area (Å²) in [6.45, 7) is 1.80. The molecule has 0 spiro atoms. The van der Waals surface area contributed by atoms with Crippen LogP contribution < -0.4 is 10.6 Å². The van der Waals surface area contributed by atoms with Crippen LogP contribution >= 0.6 is 28.1 Å². The second-order valence-electron chi connectivity index (χ2n) is 6.14. The summed E-state index contributed by atoms with van der Waals surface area (Å²) in [5.74, 6) is -0.0779. The maximum absolute atomic E-state index is 12.3. The van der Waals surface area contributed by atoms with Gasteiger partial charge in [0.05, 0.1) is 6.54 Å². The Morgan fingerprint density at radius 1 is 1.18 bits per heavy atom. The Kier molecular flexibility index (Phi) is 6.37. The summed E-state index contributed by atoms with van der Waals surface area (Å²) < 4.78 is 2.86. The van der Waals surface area contributed by atoms with Crippen LogP contribution in [-0.2, 0) is 16.1 Å². The summed E-state index contributed by atoms with van der Waals surface area (Å²) in [5.41, 5.74) is 2.58. The first-order chi connectivity index (χ1) is 13.4. The summed E-state index contributed by atoms with van der Waals surface area (Å²) >= 11 is 8.57. The number of aryl methyl sites for hydroxylation is 1. The molecule has 0 unspecified atom stereocenters. The largest absolute Gasteiger partial charge is 0.345 e. The molecule has 0 aliphatic heterocycles. The summed E-state index contributed by atoms with van der Waals surface area (Å²) in [4.78, 5) is 24.3. The van der Waals surface area contributed by atoms with Crippen molar-refractivity contribution >= 4 is 45.6 Å². The second-order valence-corrected chi connectivity index (χ2v) is 7.44. The van der Waals surface area contributed by atoms with Gasteiger partial charge < -0.3 is 10.6 Å². The lowest BCUT2D eigenvalue weighted by Gasteiger charge is -2.09. The fourth-order valence-corrected chi connectivity index (χ4v) is 3.05. The van der Waals surface area contributed by atoms with Gasteiger partial charge >= 0.3 is 0 Å². The zero-order valence-corrected chi connectivity index (χ0v) is 17.4. The third-order valence-corrected chi connectivity index (χ3v) is 4.75. The Hall–Kier alpha value is -2.78. The van der Waals surface area contributed by atoms with Crippen LogP contribution in [0.3, 0.4) is 0 Å². The molecule has 9 heteroatoms. The third kappa shape index (κ3) is 5.14. The van der Waals surface area contributed by atoms with E-state index in [-0.39, 0.29) is 24.9 Å². The molecule has 0 fully saturated rings. The Morgan fingerprint density at radius 2 is 1.93 bits per heavy atom. The summed E-state index contributed by atoms with van der Waals surface area (Å²) in [5, 5.41) is 12.3. The molecule has 144 valence electrons. The molecule has 2 amide bonds. The molecule has 0 radical (unpaired) electrons. The fourth-order valence-electron chi connectivity index (χ4n) is 2.59. The number of nitrogens with zero attached hydrogens (tertiary/aromatic N) is 2. The number of hydrogen-bond acceptors (Lipinski definition) is 4. The molecule has 0 aliphatic carbocycles. The van der Waals surface area contributed by atoms with Crippen molar-refractivity contribution in [3.05, 3.63) is 63.3 Å². The molecule has 1 aromatic heterocycles. The van der Waals surface area contributed by atoms with Crippen molar-refractivity contribution < 1.29 is 9.59 Å². The van der Waals surface area contributed by atoms with E-state index < -0.39 is 0 Å². The standard InChI is InChI=1S/C19H18BrN5O2S/c1-12-3-2-4-13(9-12)18-23-24-19(28)25(18)11-17(27)21-10-16(26)22-15-7-5-14(20)6-8-15/h2-9H,10-11H2,1H3,(H,21,27)(H,22,26)(H,24,28). The quantitative estimate of drug-likeness (QED) is 0.492. The van der Waals surface area contributed by atoms with E-state index in [9.17, 15) is 9.59 Å². The number of carbonyl (C=O) groups excluding carboxylic acids is 2. The Bertz CT molecular complexity index is 1060. The van der Waals surface area contributed by atoms with E-state index >= 15 is 0 Å². The molecular weight excluding hydrogens is 442 g/mol. The van der Waals surface area contributed by atoms with Crippen molar-refractivity contribution in [1.29, 1.82) is 0 Å². The molecule has 3 rings (SSSR count). The number of aromatic amines is 1. The van der Waals surface area contributed by atoms with Gasteiger partial charge in [0.15, 0.2) is 10.6 Å². The number of rotatable bonds is 6. The SMILES string of the molecule is Cc1cccc(-c2n[nH]c(=S)n2CC(=O)NCC(=O)Nc2ccc(Br)cc2)c1. The number of carbonyl (C=O) groups is 2. The van der Waals surface area contributed by atoms with Gasteiger partial charge in [-0.3, -0.25) is 19.3 Å². The van der Waals surface area contributed by atoms with E-state index in [1.807, 2.05) is 43.3 Å². The summed E-state index contributed by atoms with van der Waals surface area (Å²) in [6, 6.07) is 14.9. The van der Waals surface area contributed by atoms with Gasteiger partial charge in [0, 0.05) is 15.7 Å². The van der Waals surface area contributed by atoms with Gasteiger partial charge in [-0.15, -0.1) is 0 Å². The lowest BCUT2D eigenvalue weighted by Crippen LogP contribution is -2.35. The molecule has 0 bridgehead atoms. The van der Waals surface area contributed by atoms with E-state index in [0.717, 1.165) is 15.6 Å². The number of H-pyrrole nitrogens is 1. The number of hydrogen-bond donors (Lipinski definition) is 3. The highest BCUT2D eigenvalue weighted by atomic mass is 79.9. The first-order valence-electron chi connectivity index (χ1n) is 8.47. The van der Waals surface area contributed by atoms with Gasteiger partial charge in [-0.2, -0.15) is 5.10 Å². The number of nitrogens with one attached hydrogen (secondary N) is 3. The number of anilines is 1. The number of halogens is 1. The molecule has 0 aliphatic rings. The van der Waals surface area contributed by atoms with Crippen molar-refractivity contribution in [3.63, 3.8) is 0 Å². The average molecular weight is 460 g/mol. The van der Waals surface area contributed by atoms with Gasteiger partial charge in [0.2, 0.25) is 11.8 Å². The second kappa shape index (κ2) is 8.94. The van der Waals surface area contributed by atoms with E-state index in [4.69, 9.17) is 12.2 Å². The van der Waals surface area contributed by atoms with E-state index in [2.05, 4.69) is 36.8 Å². The molecular formula is C19H18BrN5O2S. The molecule has 3 aromatic rings. The van der Waals surface area contributed by atoms with Crippen LogP contribution in [0.4, 0.5) is 5.69 Å². The summed E-state index contributed by atoms with van der Waals surface area (Å²) in [6.07, 6.45) is 0. The molecule has 3 N–H and O–H groups in total. The Balaban J connectivity index is 1.61. The normalized spacial score (nSPS) is 10.5. The predicted molar refractivity (Wildman–Crippen MR) is 113 cm³/mol. The zero-order chi connectivity index (χ0) is 20.1. The number of benzene rings is 2. The highest BCUT2D eigenvalue weighted by Crippen LogP contribution is 2.18. The molecule has 1 heterocycles. The first-order valence-corrected chi connectivity index (χ1v) is 9.67. The Morgan fingerprint density at radius 3 is 2.64 bits per heavy atom. The molecule has 0 saturated heterocycles. The van der Waals surface area contributed by atoms with Crippen molar-refractivity contribution in [2.24, 2.45) is 0 Å². The fraction of sp³-hybridized carbons (Fsp3) is 0.158. The van der Waals surface area contributed by atoms with Crippen molar-refractivity contribution in [2.45, 2.75) is 13.5 Å². The van der Waals surface area contributed by atoms with Crippen molar-refractivity contribution in [2.75, 3.05) is 11.9 Å². The third-order valence-electron chi connectivity index (χ3n) is 3.91. The Labute approximate surface area is 175 Å². The zero-order valence-electron chi connectivity index (χ0n) is 15.0. The average Bonchev–Trinajstić information content (AvgIpc) is 3.02. The van der Waals surface area contributed by atoms with Crippen LogP contribution in [0.1, 0.15) is 5.56 Å². The van der Waals surface area contributed by atoms with Crippen LogP contribution in [0.5, 0.6) is 0 Å². The van der Waals surface area contributed by atoms with Crippen LogP contribution in [0.15, 0.2) is 53.0 Å². The molecule has 28 heavy (non-hydrogen) atoms. The maximum atomic E-state index is 12.3. The lowest BCUT2D eigenvalue weighted by atomic mass is 10.1. The van der Waals surface area contributed by atoms with Crippen LogP contribution in [0.25, 0.3) is 11.4 Å². The van der Waals surface area contributed by atoms with E-state index in [1.165, 1.54) is 0 Å². The minimum atomic E-state index is -0.336. The summed E-state index contributed by atoms with van der Waals surface area (Å²) in [7, 11) is 0. The van der Waals surface area contributed by atoms with Gasteiger partial charge in [-0.25, -0.2) is 0 Å². The van der Waals surface area contributed by atoms with E-state index in [0.29, 0.717) is 16.3 Å². The topological polar surface area (TPSA) is 91.8 Å². The van der Waals surface area contributed by atoms with Gasteiger partial charge in [-0.1, -0.05) is 39.7 Å². The molecule has 2 aromatic carbocycles. The van der Waals surface area contributed by atoms with E-state index in [1.54, 1.807) is 16.7 Å². The monoisotopic (exact) mass is 459 g/mol. The molecule has 0 atom stereocenters. The van der Waals surface area contributed by atoms with Crippen LogP contribution in [0, 0.1) is 11.7 Å². The maximum Gasteiger partial charge on any atom is 0.243 e.